The number of benzene rings is 1. The van der Waals surface area contributed by atoms with E-state index in [9.17, 15) is 0 Å². The molecule has 1 aromatic carbocycles. The molecule has 1 saturated carbocycles. The van der Waals surface area contributed by atoms with Crippen LogP contribution < -0.4 is 0 Å². The Bertz CT molecular complexity index is 545. The highest BCUT2D eigenvalue weighted by Crippen LogP contribution is 2.48. The Hall–Kier alpha value is -1.42. The van der Waals surface area contributed by atoms with Crippen molar-refractivity contribution in [2.24, 2.45) is 7.05 Å². The third-order valence-corrected chi connectivity index (χ3v) is 3.87. The van der Waals surface area contributed by atoms with E-state index in [1.54, 1.807) is 4.68 Å². The zero-order valence-corrected chi connectivity index (χ0v) is 10.4. The maximum Gasteiger partial charge on any atom is 0.161 e. The number of halogens is 1. The van der Waals surface area contributed by atoms with Crippen molar-refractivity contribution in [3.63, 3.8) is 0 Å². The van der Waals surface area contributed by atoms with Gasteiger partial charge in [-0.1, -0.05) is 30.2 Å². The molecule has 0 atom stereocenters. The molecule has 1 fully saturated rings. The summed E-state index contributed by atoms with van der Waals surface area (Å²) in [7, 11) is 1.89. The van der Waals surface area contributed by atoms with Crippen molar-refractivity contribution in [2.45, 2.75) is 24.7 Å². The number of tetrazole rings is 1. The summed E-state index contributed by atoms with van der Waals surface area (Å²) in [5.74, 6) is 0.936. The van der Waals surface area contributed by atoms with Crippen LogP contribution in [0.5, 0.6) is 0 Å². The Morgan fingerprint density at radius 3 is 2.71 bits per heavy atom. The molecular weight excluding hydrogens is 236 g/mol. The largest absolute Gasteiger partial charge is 0.232 e. The number of aryl methyl sites for hydroxylation is 1. The quantitative estimate of drug-likeness (QED) is 0.819. The fraction of sp³-hybridized carbons (Fsp3) is 0.417. The van der Waals surface area contributed by atoms with E-state index < -0.39 is 0 Å². The predicted octanol–water partition coefficient (Wildman–Crippen LogP) is 2.33. The van der Waals surface area contributed by atoms with Gasteiger partial charge in [-0.3, -0.25) is 0 Å². The van der Waals surface area contributed by atoms with Crippen molar-refractivity contribution < 1.29 is 0 Å². The Kier molecular flexibility index (Phi) is 2.40. The van der Waals surface area contributed by atoms with Gasteiger partial charge in [-0.2, -0.15) is 0 Å². The van der Waals surface area contributed by atoms with Crippen LogP contribution in [0, 0.1) is 0 Å². The van der Waals surface area contributed by atoms with Crippen LogP contribution in [0.15, 0.2) is 24.3 Å². The first-order chi connectivity index (χ1) is 8.22. The number of rotatable bonds is 2. The van der Waals surface area contributed by atoms with Crippen molar-refractivity contribution >= 4 is 11.6 Å². The van der Waals surface area contributed by atoms with Gasteiger partial charge in [0.15, 0.2) is 5.82 Å². The first kappa shape index (κ1) is 10.7. The lowest BCUT2D eigenvalue weighted by molar-refractivity contribution is 0.276. The normalized spacial score (nSPS) is 17.8. The van der Waals surface area contributed by atoms with Crippen molar-refractivity contribution in [3.05, 3.63) is 40.7 Å². The average molecular weight is 249 g/mol. The fourth-order valence-corrected chi connectivity index (χ4v) is 2.78. The van der Waals surface area contributed by atoms with E-state index in [1.165, 1.54) is 12.0 Å². The van der Waals surface area contributed by atoms with Gasteiger partial charge in [0.25, 0.3) is 0 Å². The minimum absolute atomic E-state index is 0.0385. The molecule has 0 bridgehead atoms. The first-order valence-corrected chi connectivity index (χ1v) is 6.09. The molecule has 88 valence electrons. The van der Waals surface area contributed by atoms with Gasteiger partial charge in [0.1, 0.15) is 0 Å². The van der Waals surface area contributed by atoms with Gasteiger partial charge in [-0.15, -0.1) is 5.10 Å². The molecule has 1 aliphatic carbocycles. The molecule has 0 aliphatic heterocycles. The third kappa shape index (κ3) is 1.55. The van der Waals surface area contributed by atoms with E-state index in [0.717, 1.165) is 23.7 Å². The molecule has 1 aromatic heterocycles. The van der Waals surface area contributed by atoms with Crippen LogP contribution in [0.25, 0.3) is 0 Å². The fourth-order valence-electron chi connectivity index (χ4n) is 2.59. The molecule has 0 radical (unpaired) electrons. The van der Waals surface area contributed by atoms with Crippen LogP contribution in [-0.2, 0) is 12.5 Å². The van der Waals surface area contributed by atoms with E-state index in [4.69, 9.17) is 11.6 Å². The second kappa shape index (κ2) is 3.81. The monoisotopic (exact) mass is 248 g/mol. The average Bonchev–Trinajstić information content (AvgIpc) is 2.64. The highest BCUT2D eigenvalue weighted by Gasteiger charge is 2.44. The van der Waals surface area contributed by atoms with Gasteiger partial charge >= 0.3 is 0 Å². The standard InChI is InChI=1S/C12H13ClN4/c1-17-11(14-15-16-17)12(6-3-7-12)9-4-2-5-10(13)8-9/h2,4-5,8H,3,6-7H2,1H3. The van der Waals surface area contributed by atoms with Gasteiger partial charge in [0, 0.05) is 12.1 Å². The first-order valence-electron chi connectivity index (χ1n) is 5.71. The highest BCUT2D eigenvalue weighted by atomic mass is 35.5. The lowest BCUT2D eigenvalue weighted by Crippen LogP contribution is -2.38. The molecule has 2 aromatic rings. The van der Waals surface area contributed by atoms with Crippen molar-refractivity contribution in [3.8, 4) is 0 Å². The number of aromatic nitrogens is 4. The number of hydrogen-bond acceptors (Lipinski definition) is 3. The topological polar surface area (TPSA) is 43.6 Å². The summed E-state index contributed by atoms with van der Waals surface area (Å²) >= 11 is 6.07. The minimum Gasteiger partial charge on any atom is -0.232 e. The van der Waals surface area contributed by atoms with Gasteiger partial charge in [0.05, 0.1) is 5.41 Å². The zero-order chi connectivity index (χ0) is 11.9. The van der Waals surface area contributed by atoms with Crippen LogP contribution in [0.4, 0.5) is 0 Å². The van der Waals surface area contributed by atoms with E-state index in [2.05, 4.69) is 21.6 Å². The van der Waals surface area contributed by atoms with Crippen LogP contribution in [-0.4, -0.2) is 20.2 Å². The molecule has 5 heteroatoms. The lowest BCUT2D eigenvalue weighted by atomic mass is 9.64. The van der Waals surface area contributed by atoms with Crippen LogP contribution >= 0.6 is 11.6 Å². The third-order valence-electron chi connectivity index (χ3n) is 3.63. The van der Waals surface area contributed by atoms with Gasteiger partial charge in [0.2, 0.25) is 0 Å². The molecule has 1 heterocycles. The van der Waals surface area contributed by atoms with Gasteiger partial charge < -0.3 is 0 Å². The minimum atomic E-state index is -0.0385. The van der Waals surface area contributed by atoms with Crippen LogP contribution in [0.3, 0.4) is 0 Å². The molecule has 0 saturated heterocycles. The molecule has 0 unspecified atom stereocenters. The molecule has 17 heavy (non-hydrogen) atoms. The van der Waals surface area contributed by atoms with Crippen molar-refractivity contribution in [1.82, 2.24) is 20.2 Å². The van der Waals surface area contributed by atoms with E-state index >= 15 is 0 Å². The van der Waals surface area contributed by atoms with Gasteiger partial charge in [-0.05, 0) is 41.0 Å². The van der Waals surface area contributed by atoms with Crippen LogP contribution in [0.2, 0.25) is 5.02 Å². The smallest absolute Gasteiger partial charge is 0.161 e. The molecule has 0 spiro atoms. The highest BCUT2D eigenvalue weighted by molar-refractivity contribution is 6.30. The number of nitrogens with zero attached hydrogens (tertiary/aromatic N) is 4. The summed E-state index contributed by atoms with van der Waals surface area (Å²) in [4.78, 5) is 0. The summed E-state index contributed by atoms with van der Waals surface area (Å²) < 4.78 is 1.76. The molecule has 3 rings (SSSR count). The lowest BCUT2D eigenvalue weighted by Gasteiger charge is -2.40. The van der Waals surface area contributed by atoms with Gasteiger partial charge in [-0.25, -0.2) is 4.68 Å². The van der Waals surface area contributed by atoms with Crippen LogP contribution in [0.1, 0.15) is 30.7 Å². The Morgan fingerprint density at radius 1 is 1.35 bits per heavy atom. The molecular formula is C12H13ClN4. The molecule has 1 aliphatic rings. The Labute approximate surface area is 105 Å². The van der Waals surface area contributed by atoms with Crippen molar-refractivity contribution in [2.75, 3.05) is 0 Å². The maximum atomic E-state index is 6.07. The maximum absolute atomic E-state index is 6.07. The second-order valence-electron chi connectivity index (χ2n) is 4.57. The predicted molar refractivity (Wildman–Crippen MR) is 64.9 cm³/mol. The summed E-state index contributed by atoms with van der Waals surface area (Å²) in [6.07, 6.45) is 3.38. The Morgan fingerprint density at radius 2 is 2.18 bits per heavy atom. The Balaban J connectivity index is 2.12. The zero-order valence-electron chi connectivity index (χ0n) is 9.60. The van der Waals surface area contributed by atoms with Crippen molar-refractivity contribution in [1.29, 1.82) is 0 Å². The molecule has 0 amide bonds. The van der Waals surface area contributed by atoms with E-state index in [0.29, 0.717) is 0 Å². The SMILES string of the molecule is Cn1nnnc1C1(c2cccc(Cl)c2)CCC1. The molecule has 0 N–H and O–H groups in total. The second-order valence-corrected chi connectivity index (χ2v) is 5.01. The van der Waals surface area contributed by atoms with E-state index in [1.807, 2.05) is 25.2 Å². The summed E-state index contributed by atoms with van der Waals surface area (Å²) in [6, 6.07) is 8.02. The molecule has 4 nitrogen and oxygen atoms in total. The van der Waals surface area contributed by atoms with E-state index in [-0.39, 0.29) is 5.41 Å². The summed E-state index contributed by atoms with van der Waals surface area (Å²) in [5, 5.41) is 12.6. The summed E-state index contributed by atoms with van der Waals surface area (Å²) in [6.45, 7) is 0. The summed E-state index contributed by atoms with van der Waals surface area (Å²) in [5.41, 5.74) is 1.18. The number of hydrogen-bond donors (Lipinski definition) is 0.